The molecule has 74 valence electrons. The second-order valence-electron chi connectivity index (χ2n) is 4.68. The zero-order valence-corrected chi connectivity index (χ0v) is 10.0. The SMILES string of the molecule is CC1C=c2ccccc2=C1[Si](C)(C)N. The maximum atomic E-state index is 6.33. The topological polar surface area (TPSA) is 26.0 Å². The Kier molecular flexibility index (Phi) is 2.12. The standard InChI is InChI=1S/C12H17NSi/c1-9-8-10-6-4-5-7-11(10)12(9)14(2,3)13/h4-9H,13H2,1-3H3. The van der Waals surface area contributed by atoms with Crippen LogP contribution in [0.2, 0.25) is 13.1 Å². The molecule has 0 saturated heterocycles. The van der Waals surface area contributed by atoms with Gasteiger partial charge < -0.3 is 5.40 Å². The molecule has 2 rings (SSSR count). The van der Waals surface area contributed by atoms with Crippen LogP contribution in [0.15, 0.2) is 24.3 Å². The second kappa shape index (κ2) is 3.07. The monoisotopic (exact) mass is 203 g/mol. The molecule has 0 aromatic heterocycles. The van der Waals surface area contributed by atoms with Gasteiger partial charge in [-0.25, -0.2) is 0 Å². The Morgan fingerprint density at radius 1 is 1.21 bits per heavy atom. The van der Waals surface area contributed by atoms with E-state index in [1.54, 1.807) is 0 Å². The van der Waals surface area contributed by atoms with Crippen LogP contribution in [-0.2, 0) is 0 Å². The van der Waals surface area contributed by atoms with Gasteiger partial charge in [0.1, 0.15) is 8.24 Å². The first kappa shape index (κ1) is 9.68. The average Bonchev–Trinajstić information content (AvgIpc) is 2.38. The highest BCUT2D eigenvalue weighted by atomic mass is 28.3. The third kappa shape index (κ3) is 1.45. The summed E-state index contributed by atoms with van der Waals surface area (Å²) in [6.07, 6.45) is 2.33. The summed E-state index contributed by atoms with van der Waals surface area (Å²) in [5, 5.41) is 10.6. The van der Waals surface area contributed by atoms with Crippen molar-refractivity contribution >= 4 is 19.5 Å². The maximum Gasteiger partial charge on any atom is 0.145 e. The lowest BCUT2D eigenvalue weighted by atomic mass is 10.2. The fraction of sp³-hybridized carbons (Fsp3) is 0.333. The predicted molar refractivity (Wildman–Crippen MR) is 64.4 cm³/mol. The van der Waals surface area contributed by atoms with Crippen LogP contribution in [0.25, 0.3) is 11.3 Å². The Labute approximate surface area is 86.0 Å². The second-order valence-corrected chi connectivity index (χ2v) is 8.66. The molecule has 2 N–H and O–H groups in total. The number of rotatable bonds is 1. The molecule has 0 radical (unpaired) electrons. The number of nitrogens with two attached hydrogens (primary N) is 1. The van der Waals surface area contributed by atoms with Crippen molar-refractivity contribution in [1.82, 2.24) is 0 Å². The number of benzene rings is 1. The first-order valence-electron chi connectivity index (χ1n) is 5.10. The zero-order valence-electron chi connectivity index (χ0n) is 9.04. The van der Waals surface area contributed by atoms with Crippen LogP contribution >= 0.6 is 0 Å². The van der Waals surface area contributed by atoms with E-state index in [1.807, 2.05) is 0 Å². The molecule has 2 heteroatoms. The Morgan fingerprint density at radius 2 is 1.86 bits per heavy atom. The Morgan fingerprint density at radius 3 is 2.50 bits per heavy atom. The minimum Gasteiger partial charge on any atom is -0.348 e. The molecule has 1 aromatic rings. The molecule has 0 saturated carbocycles. The Hall–Kier alpha value is -0.863. The van der Waals surface area contributed by atoms with E-state index < -0.39 is 8.24 Å². The van der Waals surface area contributed by atoms with Gasteiger partial charge in [-0.05, 0) is 16.4 Å². The van der Waals surface area contributed by atoms with Crippen molar-refractivity contribution < 1.29 is 0 Å². The lowest BCUT2D eigenvalue weighted by Crippen LogP contribution is -2.45. The molecule has 14 heavy (non-hydrogen) atoms. The van der Waals surface area contributed by atoms with Crippen LogP contribution in [0.5, 0.6) is 0 Å². The summed E-state index contributed by atoms with van der Waals surface area (Å²) < 4.78 is 0. The number of fused-ring (bicyclic) bond motifs is 1. The van der Waals surface area contributed by atoms with Crippen LogP contribution in [0, 0.1) is 5.92 Å². The summed E-state index contributed by atoms with van der Waals surface area (Å²) in [6.45, 7) is 6.68. The van der Waals surface area contributed by atoms with E-state index in [2.05, 4.69) is 50.4 Å². The van der Waals surface area contributed by atoms with Crippen molar-refractivity contribution in [2.45, 2.75) is 20.0 Å². The molecule has 0 aliphatic heterocycles. The van der Waals surface area contributed by atoms with Crippen LogP contribution in [0.1, 0.15) is 6.92 Å². The summed E-state index contributed by atoms with van der Waals surface area (Å²) in [5.74, 6) is 0.527. The lowest BCUT2D eigenvalue weighted by molar-refractivity contribution is 1.05. The molecular formula is C12H17NSi. The van der Waals surface area contributed by atoms with Crippen molar-refractivity contribution in [2.75, 3.05) is 0 Å². The van der Waals surface area contributed by atoms with E-state index in [1.165, 1.54) is 15.6 Å². The van der Waals surface area contributed by atoms with Gasteiger partial charge in [0.15, 0.2) is 0 Å². The minimum atomic E-state index is -1.65. The van der Waals surface area contributed by atoms with E-state index in [-0.39, 0.29) is 0 Å². The highest BCUT2D eigenvalue weighted by Crippen LogP contribution is 2.21. The van der Waals surface area contributed by atoms with Crippen molar-refractivity contribution in [3.63, 3.8) is 0 Å². The van der Waals surface area contributed by atoms with Crippen LogP contribution in [-0.4, -0.2) is 8.24 Å². The quantitative estimate of drug-likeness (QED) is 0.676. The highest BCUT2D eigenvalue weighted by Gasteiger charge is 2.27. The molecular weight excluding hydrogens is 186 g/mol. The number of hydrogen-bond donors (Lipinski definition) is 1. The van der Waals surface area contributed by atoms with Crippen molar-refractivity contribution in [1.29, 1.82) is 0 Å². The normalized spacial score (nSPS) is 20.6. The molecule has 1 nitrogen and oxygen atoms in total. The van der Waals surface area contributed by atoms with Gasteiger partial charge in [-0.3, -0.25) is 0 Å². The molecule has 1 aliphatic carbocycles. The largest absolute Gasteiger partial charge is 0.348 e. The van der Waals surface area contributed by atoms with Crippen molar-refractivity contribution in [2.24, 2.45) is 11.3 Å². The van der Waals surface area contributed by atoms with E-state index in [4.69, 9.17) is 5.40 Å². The first-order valence-corrected chi connectivity index (χ1v) is 8.18. The molecule has 1 atom stereocenters. The molecule has 0 fully saturated rings. The van der Waals surface area contributed by atoms with Gasteiger partial charge in [0, 0.05) is 0 Å². The third-order valence-electron chi connectivity index (χ3n) is 2.83. The van der Waals surface area contributed by atoms with Crippen LogP contribution in [0.4, 0.5) is 0 Å². The maximum absolute atomic E-state index is 6.33. The summed E-state index contributed by atoms with van der Waals surface area (Å²) in [6, 6.07) is 8.58. The van der Waals surface area contributed by atoms with Gasteiger partial charge in [0.05, 0.1) is 0 Å². The van der Waals surface area contributed by atoms with E-state index in [0.29, 0.717) is 5.92 Å². The minimum absolute atomic E-state index is 0.527. The summed E-state index contributed by atoms with van der Waals surface area (Å²) in [4.78, 5) is 0. The van der Waals surface area contributed by atoms with Gasteiger partial charge in [0.2, 0.25) is 0 Å². The summed E-state index contributed by atoms with van der Waals surface area (Å²) in [7, 11) is -1.65. The van der Waals surface area contributed by atoms with Crippen molar-refractivity contribution in [3.8, 4) is 0 Å². The van der Waals surface area contributed by atoms with Gasteiger partial charge >= 0.3 is 0 Å². The molecule has 1 aromatic carbocycles. The highest BCUT2D eigenvalue weighted by molar-refractivity contribution is 6.90. The van der Waals surface area contributed by atoms with Gasteiger partial charge in [0.25, 0.3) is 0 Å². The molecule has 1 unspecified atom stereocenters. The Balaban J connectivity index is 2.80. The van der Waals surface area contributed by atoms with E-state index >= 15 is 0 Å². The fourth-order valence-electron chi connectivity index (χ4n) is 2.42. The predicted octanol–water partition coefficient (Wildman–Crippen LogP) is 0.970. The lowest BCUT2D eigenvalue weighted by Gasteiger charge is -2.22. The van der Waals surface area contributed by atoms with E-state index in [9.17, 15) is 0 Å². The first-order chi connectivity index (χ1) is 6.50. The smallest absolute Gasteiger partial charge is 0.145 e. The molecule has 0 heterocycles. The van der Waals surface area contributed by atoms with Gasteiger partial charge in [-0.15, -0.1) is 0 Å². The zero-order chi connectivity index (χ0) is 10.3. The van der Waals surface area contributed by atoms with Gasteiger partial charge in [-0.2, -0.15) is 0 Å². The number of hydrogen-bond acceptors (Lipinski definition) is 1. The van der Waals surface area contributed by atoms with Crippen molar-refractivity contribution in [3.05, 3.63) is 34.7 Å². The van der Waals surface area contributed by atoms with Crippen LogP contribution in [0.3, 0.4) is 0 Å². The van der Waals surface area contributed by atoms with E-state index in [0.717, 1.165) is 0 Å². The van der Waals surface area contributed by atoms with Crippen LogP contribution < -0.4 is 15.8 Å². The third-order valence-corrected chi connectivity index (χ3v) is 4.94. The average molecular weight is 203 g/mol. The molecule has 0 amide bonds. The summed E-state index contributed by atoms with van der Waals surface area (Å²) >= 11 is 0. The molecule has 0 bridgehead atoms. The molecule has 1 aliphatic rings. The summed E-state index contributed by atoms with van der Waals surface area (Å²) in [5.41, 5.74) is 0. The Bertz CT molecular complexity index is 468. The molecule has 0 spiro atoms. The fourth-order valence-corrected chi connectivity index (χ4v) is 4.60. The van der Waals surface area contributed by atoms with Gasteiger partial charge in [-0.1, -0.05) is 55.6 Å².